The van der Waals surface area contributed by atoms with Gasteiger partial charge in [0.25, 0.3) is 0 Å². The summed E-state index contributed by atoms with van der Waals surface area (Å²) in [6, 6.07) is -1.20. The Balaban J connectivity index is 2.58. The van der Waals surface area contributed by atoms with Gasteiger partial charge in [-0.1, -0.05) is 174 Å². The minimum atomic E-state index is -5.12. The lowest BCUT2D eigenvalue weighted by molar-refractivity contribution is -0.220. The zero-order chi connectivity index (χ0) is 40.2. The minimum Gasteiger partial charge on any atom is -0.391 e. The number of phosphoric acid groups is 1. The van der Waals surface area contributed by atoms with Gasteiger partial charge >= 0.3 is 7.82 Å². The SMILES string of the molecule is CCCCCCCCCCCCCCC[C@@H](O)[C@H](COP(=O)(O)OC1C(O)C(O)C(O)[C@@H](O)C1O)NC(=O)C(O)CCCCCCCCCCCCCC. The van der Waals surface area contributed by atoms with Gasteiger partial charge in [0.2, 0.25) is 5.91 Å². The van der Waals surface area contributed by atoms with E-state index in [9.17, 15) is 50.0 Å². The molecule has 7 unspecified atom stereocenters. The molecule has 14 heteroatoms. The van der Waals surface area contributed by atoms with Gasteiger partial charge in [-0.05, 0) is 12.8 Å². The topological polar surface area (TPSA) is 226 Å². The molecule has 0 aliphatic heterocycles. The highest BCUT2D eigenvalue weighted by Gasteiger charge is 2.51. The molecule has 0 saturated heterocycles. The van der Waals surface area contributed by atoms with Crippen LogP contribution in [0.3, 0.4) is 0 Å². The summed E-state index contributed by atoms with van der Waals surface area (Å²) in [5.41, 5.74) is 0. The van der Waals surface area contributed by atoms with E-state index in [0.29, 0.717) is 12.8 Å². The number of rotatable bonds is 35. The molecule has 0 aromatic heterocycles. The summed E-state index contributed by atoms with van der Waals surface area (Å²) in [6.07, 6.45) is 14.8. The van der Waals surface area contributed by atoms with Crippen LogP contribution >= 0.6 is 7.82 Å². The summed E-state index contributed by atoms with van der Waals surface area (Å²) in [4.78, 5) is 23.4. The van der Waals surface area contributed by atoms with Gasteiger partial charge in [-0.3, -0.25) is 13.8 Å². The average Bonchev–Trinajstić information content (AvgIpc) is 3.15. The molecule has 54 heavy (non-hydrogen) atoms. The fourth-order valence-corrected chi connectivity index (χ4v) is 8.06. The third-order valence-electron chi connectivity index (χ3n) is 10.8. The van der Waals surface area contributed by atoms with Crippen molar-refractivity contribution in [1.29, 1.82) is 0 Å². The molecule has 0 radical (unpaired) electrons. The van der Waals surface area contributed by atoms with Gasteiger partial charge in [0.1, 0.15) is 42.7 Å². The molecule has 0 heterocycles. The molecule has 10 atom stereocenters. The van der Waals surface area contributed by atoms with Crippen LogP contribution in [0.4, 0.5) is 0 Å². The number of amides is 1. The Bertz CT molecular complexity index is 948. The highest BCUT2D eigenvalue weighted by atomic mass is 31.2. The largest absolute Gasteiger partial charge is 0.472 e. The van der Waals surface area contributed by atoms with Crippen molar-refractivity contribution < 1.29 is 59.0 Å². The molecule has 13 nitrogen and oxygen atoms in total. The lowest BCUT2D eigenvalue weighted by Crippen LogP contribution is -2.64. The highest BCUT2D eigenvalue weighted by molar-refractivity contribution is 7.47. The van der Waals surface area contributed by atoms with Crippen LogP contribution in [0, 0.1) is 0 Å². The smallest absolute Gasteiger partial charge is 0.391 e. The molecule has 322 valence electrons. The van der Waals surface area contributed by atoms with Crippen LogP contribution in [0.2, 0.25) is 0 Å². The van der Waals surface area contributed by atoms with Gasteiger partial charge < -0.3 is 46.0 Å². The predicted molar refractivity (Wildman–Crippen MR) is 211 cm³/mol. The maximum Gasteiger partial charge on any atom is 0.472 e. The predicted octanol–water partition coefficient (Wildman–Crippen LogP) is 6.09. The van der Waals surface area contributed by atoms with E-state index >= 15 is 0 Å². The lowest BCUT2D eigenvalue weighted by Gasteiger charge is -2.41. The third kappa shape index (κ3) is 22.9. The first-order valence-corrected chi connectivity index (χ1v) is 23.1. The molecule has 1 aliphatic rings. The Morgan fingerprint density at radius 2 is 0.889 bits per heavy atom. The van der Waals surface area contributed by atoms with E-state index in [1.807, 2.05) is 0 Å². The Labute approximate surface area is 326 Å². The van der Waals surface area contributed by atoms with Crippen molar-refractivity contribution in [3.8, 4) is 0 Å². The number of nitrogens with one attached hydrogen (secondary N) is 1. The number of phosphoric ester groups is 1. The number of carbonyl (C=O) groups is 1. The standard InChI is InChI=1S/C40H80NO12P/c1-3-5-7-9-11-13-15-17-19-20-22-24-26-28-32(42)31(30-52-54(50,51)53-39-37(47)35(45)34(44)36(46)38(39)48)41-40(49)33(43)29-27-25-23-21-18-16-14-12-10-8-6-4-2/h31-39,42-48H,3-30H2,1-2H3,(H,41,49)(H,50,51)/t31-,32+,33?,34?,35+,36?,37?,38?,39?/m0/s1. The minimum absolute atomic E-state index is 0.224. The first kappa shape index (κ1) is 51.3. The Kier molecular flexibility index (Phi) is 29.8. The van der Waals surface area contributed by atoms with E-state index < -0.39 is 75.2 Å². The molecule has 0 aromatic carbocycles. The summed E-state index contributed by atoms with van der Waals surface area (Å²) in [6.45, 7) is 3.73. The highest BCUT2D eigenvalue weighted by Crippen LogP contribution is 2.47. The quantitative estimate of drug-likeness (QED) is 0.0263. The molecule has 1 rings (SSSR count). The van der Waals surface area contributed by atoms with Gasteiger partial charge in [-0.2, -0.15) is 0 Å². The van der Waals surface area contributed by atoms with Crippen LogP contribution in [0.1, 0.15) is 187 Å². The van der Waals surface area contributed by atoms with Crippen LogP contribution in [-0.4, -0.2) is 108 Å². The van der Waals surface area contributed by atoms with E-state index in [2.05, 4.69) is 19.2 Å². The zero-order valence-corrected chi connectivity index (χ0v) is 34.5. The fourth-order valence-electron chi connectivity index (χ4n) is 7.09. The summed E-state index contributed by atoms with van der Waals surface area (Å²) in [5.74, 6) is -0.747. The van der Waals surface area contributed by atoms with Crippen molar-refractivity contribution in [3.63, 3.8) is 0 Å². The molecular weight excluding hydrogens is 717 g/mol. The molecule has 1 saturated carbocycles. The van der Waals surface area contributed by atoms with E-state index in [4.69, 9.17) is 9.05 Å². The summed E-state index contributed by atoms with van der Waals surface area (Å²) >= 11 is 0. The lowest BCUT2D eigenvalue weighted by atomic mass is 9.85. The first-order valence-electron chi connectivity index (χ1n) is 21.6. The second-order valence-electron chi connectivity index (χ2n) is 15.7. The zero-order valence-electron chi connectivity index (χ0n) is 33.7. The van der Waals surface area contributed by atoms with Gasteiger partial charge in [0.05, 0.1) is 18.8 Å². The van der Waals surface area contributed by atoms with Crippen LogP contribution in [-0.2, 0) is 18.4 Å². The number of aliphatic hydroxyl groups is 7. The van der Waals surface area contributed by atoms with Crippen LogP contribution < -0.4 is 5.32 Å². The van der Waals surface area contributed by atoms with Crippen molar-refractivity contribution in [2.24, 2.45) is 0 Å². The normalized spacial score (nSPS) is 24.6. The van der Waals surface area contributed by atoms with E-state index in [0.717, 1.165) is 44.9 Å². The van der Waals surface area contributed by atoms with Crippen molar-refractivity contribution in [3.05, 3.63) is 0 Å². The van der Waals surface area contributed by atoms with Crippen LogP contribution in [0.5, 0.6) is 0 Å². The number of hydrogen-bond acceptors (Lipinski definition) is 11. The molecule has 0 bridgehead atoms. The fraction of sp³-hybridized carbons (Fsp3) is 0.975. The number of unbranched alkanes of at least 4 members (excludes halogenated alkanes) is 23. The van der Waals surface area contributed by atoms with Gasteiger partial charge in [0.15, 0.2) is 0 Å². The molecular formula is C40H80NO12P. The van der Waals surface area contributed by atoms with Gasteiger partial charge in [-0.25, -0.2) is 4.57 Å². The van der Waals surface area contributed by atoms with Crippen molar-refractivity contribution >= 4 is 13.7 Å². The Morgan fingerprint density at radius 3 is 1.28 bits per heavy atom. The van der Waals surface area contributed by atoms with Gasteiger partial charge in [0, 0.05) is 0 Å². The maximum absolute atomic E-state index is 13.0. The second kappa shape index (κ2) is 31.3. The molecule has 1 aliphatic carbocycles. The third-order valence-corrected chi connectivity index (χ3v) is 11.8. The number of carbonyl (C=O) groups excluding carboxylic acids is 1. The van der Waals surface area contributed by atoms with Crippen molar-refractivity contribution in [1.82, 2.24) is 5.32 Å². The summed E-state index contributed by atoms with van der Waals surface area (Å²) < 4.78 is 22.8. The maximum atomic E-state index is 13.0. The number of aliphatic hydroxyl groups excluding tert-OH is 7. The van der Waals surface area contributed by atoms with E-state index in [1.165, 1.54) is 103 Å². The molecule has 9 N–H and O–H groups in total. The van der Waals surface area contributed by atoms with Crippen LogP contribution in [0.25, 0.3) is 0 Å². The van der Waals surface area contributed by atoms with Crippen molar-refractivity contribution in [2.75, 3.05) is 6.61 Å². The molecule has 1 fully saturated rings. The monoisotopic (exact) mass is 798 g/mol. The average molecular weight is 798 g/mol. The number of hydrogen-bond donors (Lipinski definition) is 9. The Morgan fingerprint density at radius 1 is 0.556 bits per heavy atom. The molecule has 0 aromatic rings. The summed E-state index contributed by atoms with van der Waals surface area (Å²) in [7, 11) is -5.12. The first-order chi connectivity index (χ1) is 25.9. The van der Waals surface area contributed by atoms with E-state index in [1.54, 1.807) is 0 Å². The van der Waals surface area contributed by atoms with Crippen LogP contribution in [0.15, 0.2) is 0 Å². The second-order valence-corrected chi connectivity index (χ2v) is 17.1. The van der Waals surface area contributed by atoms with Gasteiger partial charge in [-0.15, -0.1) is 0 Å². The Hall–Kier alpha value is -0.700. The van der Waals surface area contributed by atoms with E-state index in [-0.39, 0.29) is 12.8 Å². The van der Waals surface area contributed by atoms with Crippen molar-refractivity contribution in [2.45, 2.75) is 242 Å². The molecule has 0 spiro atoms. The summed E-state index contributed by atoms with van der Waals surface area (Å²) in [5, 5.41) is 74.3. The molecule has 1 amide bonds.